The second-order valence-electron chi connectivity index (χ2n) is 5.96. The quantitative estimate of drug-likeness (QED) is 0.870. The van der Waals surface area contributed by atoms with Crippen LogP contribution in [0.25, 0.3) is 0 Å². The highest BCUT2D eigenvalue weighted by molar-refractivity contribution is 7.08. The van der Waals surface area contributed by atoms with Crippen molar-refractivity contribution >= 4 is 17.2 Å². The predicted molar refractivity (Wildman–Crippen MR) is 89.2 cm³/mol. The zero-order valence-corrected chi connectivity index (χ0v) is 13.8. The summed E-state index contributed by atoms with van der Waals surface area (Å²) in [6.07, 6.45) is 5.56. The number of nitrogens with zero attached hydrogens (tertiary/aromatic N) is 3. The van der Waals surface area contributed by atoms with Crippen LogP contribution >= 0.6 is 11.3 Å². The van der Waals surface area contributed by atoms with E-state index in [1.165, 1.54) is 5.56 Å². The van der Waals surface area contributed by atoms with E-state index in [4.69, 9.17) is 0 Å². The highest BCUT2D eigenvalue weighted by Gasteiger charge is 2.38. The molecule has 1 amide bonds. The molecule has 0 saturated carbocycles. The maximum absolute atomic E-state index is 12.8. The van der Waals surface area contributed by atoms with E-state index in [9.17, 15) is 4.79 Å². The highest BCUT2D eigenvalue weighted by atomic mass is 32.1. The lowest BCUT2D eigenvalue weighted by atomic mass is 10.00. The van der Waals surface area contributed by atoms with Gasteiger partial charge in [-0.05, 0) is 50.0 Å². The molecule has 1 fully saturated rings. The Labute approximate surface area is 135 Å². The fourth-order valence-electron chi connectivity index (χ4n) is 3.25. The van der Waals surface area contributed by atoms with Crippen LogP contribution in [0.3, 0.4) is 0 Å². The van der Waals surface area contributed by atoms with Gasteiger partial charge in [-0.15, -0.1) is 0 Å². The molecule has 2 atom stereocenters. The molecule has 4 nitrogen and oxygen atoms in total. The number of rotatable bonds is 4. The molecule has 0 bridgehead atoms. The van der Waals surface area contributed by atoms with E-state index in [2.05, 4.69) is 30.0 Å². The van der Waals surface area contributed by atoms with Crippen LogP contribution in [0.1, 0.15) is 22.3 Å². The molecule has 22 heavy (non-hydrogen) atoms. The van der Waals surface area contributed by atoms with E-state index in [0.29, 0.717) is 6.04 Å². The Balaban J connectivity index is 1.84. The molecular formula is C17H21N3OS. The van der Waals surface area contributed by atoms with Crippen LogP contribution in [0, 0.1) is 0 Å². The fourth-order valence-corrected chi connectivity index (χ4v) is 3.88. The molecule has 0 aliphatic carbocycles. The Bertz CT molecular complexity index is 612. The van der Waals surface area contributed by atoms with Gasteiger partial charge in [-0.3, -0.25) is 9.78 Å². The average molecular weight is 315 g/mol. The zero-order valence-electron chi connectivity index (χ0n) is 13.0. The second kappa shape index (κ2) is 6.58. The van der Waals surface area contributed by atoms with E-state index in [0.717, 1.165) is 24.9 Å². The number of amides is 1. The van der Waals surface area contributed by atoms with Crippen LogP contribution in [0.2, 0.25) is 0 Å². The number of pyridine rings is 1. The molecule has 1 aliphatic heterocycles. The van der Waals surface area contributed by atoms with Crippen molar-refractivity contribution in [3.63, 3.8) is 0 Å². The Morgan fingerprint density at radius 3 is 2.95 bits per heavy atom. The van der Waals surface area contributed by atoms with Crippen LogP contribution in [0.4, 0.5) is 0 Å². The summed E-state index contributed by atoms with van der Waals surface area (Å²) in [6, 6.07) is 6.55. The van der Waals surface area contributed by atoms with Crippen LogP contribution in [-0.4, -0.2) is 53.4 Å². The smallest absolute Gasteiger partial charge is 0.255 e. The topological polar surface area (TPSA) is 36.4 Å². The number of carbonyl (C=O) groups excluding carboxylic acids is 1. The summed E-state index contributed by atoms with van der Waals surface area (Å²) in [5.41, 5.74) is 1.99. The molecule has 0 N–H and O–H groups in total. The van der Waals surface area contributed by atoms with Gasteiger partial charge in [-0.2, -0.15) is 11.3 Å². The Morgan fingerprint density at radius 2 is 2.32 bits per heavy atom. The Hall–Kier alpha value is -1.72. The van der Waals surface area contributed by atoms with Crippen LogP contribution in [0.5, 0.6) is 0 Å². The van der Waals surface area contributed by atoms with Gasteiger partial charge in [0.25, 0.3) is 5.91 Å². The highest BCUT2D eigenvalue weighted by Crippen LogP contribution is 2.27. The van der Waals surface area contributed by atoms with Crippen LogP contribution in [0.15, 0.2) is 41.4 Å². The number of hydrogen-bond donors (Lipinski definition) is 0. The van der Waals surface area contributed by atoms with Crippen molar-refractivity contribution in [2.45, 2.75) is 24.9 Å². The van der Waals surface area contributed by atoms with E-state index in [-0.39, 0.29) is 11.9 Å². The first-order valence-electron chi connectivity index (χ1n) is 7.55. The van der Waals surface area contributed by atoms with Gasteiger partial charge in [0.1, 0.15) is 0 Å². The van der Waals surface area contributed by atoms with E-state index in [1.807, 2.05) is 34.0 Å². The van der Waals surface area contributed by atoms with Crippen LogP contribution < -0.4 is 0 Å². The molecule has 1 aliphatic rings. The van der Waals surface area contributed by atoms with Gasteiger partial charge in [-0.25, -0.2) is 0 Å². The second-order valence-corrected chi connectivity index (χ2v) is 6.74. The molecule has 3 heterocycles. The van der Waals surface area contributed by atoms with Gasteiger partial charge in [0.2, 0.25) is 0 Å². The molecule has 3 rings (SSSR count). The summed E-state index contributed by atoms with van der Waals surface area (Å²) in [5, 5.41) is 3.90. The number of thiophene rings is 1. The van der Waals surface area contributed by atoms with E-state index >= 15 is 0 Å². The molecule has 116 valence electrons. The lowest BCUT2D eigenvalue weighted by molar-refractivity contribution is 0.0705. The molecule has 0 unspecified atom stereocenters. The monoisotopic (exact) mass is 315 g/mol. The summed E-state index contributed by atoms with van der Waals surface area (Å²) in [7, 11) is 4.19. The van der Waals surface area contributed by atoms with Gasteiger partial charge in [0, 0.05) is 30.4 Å². The van der Waals surface area contributed by atoms with E-state index in [1.54, 1.807) is 17.5 Å². The maximum Gasteiger partial charge on any atom is 0.255 e. The van der Waals surface area contributed by atoms with Gasteiger partial charge in [0.05, 0.1) is 11.6 Å². The maximum atomic E-state index is 12.8. The van der Waals surface area contributed by atoms with Crippen molar-refractivity contribution in [2.24, 2.45) is 0 Å². The van der Waals surface area contributed by atoms with Crippen molar-refractivity contribution < 1.29 is 4.79 Å². The SMILES string of the molecule is CN(C)[C@@H]1CCN(C(=O)c2ccsc2)[C@H]1Cc1cccnc1. The minimum Gasteiger partial charge on any atom is -0.334 e. The minimum atomic E-state index is 0.152. The Morgan fingerprint density at radius 1 is 1.45 bits per heavy atom. The molecule has 1 saturated heterocycles. The molecule has 2 aromatic heterocycles. The molecule has 0 radical (unpaired) electrons. The molecular weight excluding hydrogens is 294 g/mol. The normalized spacial score (nSPS) is 21.5. The summed E-state index contributed by atoms with van der Waals surface area (Å²) >= 11 is 1.57. The number of aromatic nitrogens is 1. The van der Waals surface area contributed by atoms with Gasteiger partial charge in [-0.1, -0.05) is 6.07 Å². The first kappa shape index (κ1) is 15.2. The Kier molecular flexibility index (Phi) is 4.55. The van der Waals surface area contributed by atoms with Gasteiger partial charge < -0.3 is 9.80 Å². The lowest BCUT2D eigenvalue weighted by Crippen LogP contribution is -2.45. The van der Waals surface area contributed by atoms with Crippen molar-refractivity contribution in [1.29, 1.82) is 0 Å². The average Bonchev–Trinajstić information content (AvgIpc) is 3.17. The van der Waals surface area contributed by atoms with E-state index < -0.39 is 0 Å². The summed E-state index contributed by atoms with van der Waals surface area (Å²) in [5.74, 6) is 0.152. The number of hydrogen-bond acceptors (Lipinski definition) is 4. The van der Waals surface area contributed by atoms with Gasteiger partial charge >= 0.3 is 0 Å². The number of likely N-dealkylation sites (tertiary alicyclic amines) is 1. The number of carbonyl (C=O) groups is 1. The number of likely N-dealkylation sites (N-methyl/N-ethyl adjacent to an activating group) is 1. The first-order valence-corrected chi connectivity index (χ1v) is 8.49. The lowest BCUT2D eigenvalue weighted by Gasteiger charge is -2.31. The third-order valence-corrected chi connectivity index (χ3v) is 5.05. The van der Waals surface area contributed by atoms with Crippen molar-refractivity contribution in [1.82, 2.24) is 14.8 Å². The molecule has 0 spiro atoms. The summed E-state index contributed by atoms with van der Waals surface area (Å²) < 4.78 is 0. The third-order valence-electron chi connectivity index (χ3n) is 4.37. The standard InChI is InChI=1S/C17H21N3OS/c1-19(2)15-5-8-20(17(21)14-6-9-22-12-14)16(15)10-13-4-3-7-18-11-13/h3-4,6-7,9,11-12,15-16H,5,8,10H2,1-2H3/t15-,16+/m1/s1. The molecule has 2 aromatic rings. The van der Waals surface area contributed by atoms with Crippen molar-refractivity contribution in [2.75, 3.05) is 20.6 Å². The first-order chi connectivity index (χ1) is 10.7. The fraction of sp³-hybridized carbons (Fsp3) is 0.412. The molecule has 5 heteroatoms. The largest absolute Gasteiger partial charge is 0.334 e. The summed E-state index contributed by atoms with van der Waals surface area (Å²) in [4.78, 5) is 21.3. The van der Waals surface area contributed by atoms with Gasteiger partial charge in [0.15, 0.2) is 0 Å². The molecule has 0 aromatic carbocycles. The summed E-state index contributed by atoms with van der Waals surface area (Å²) in [6.45, 7) is 0.822. The zero-order chi connectivity index (χ0) is 15.5. The van der Waals surface area contributed by atoms with Crippen molar-refractivity contribution in [3.8, 4) is 0 Å². The van der Waals surface area contributed by atoms with Crippen molar-refractivity contribution in [3.05, 3.63) is 52.5 Å². The van der Waals surface area contributed by atoms with Crippen LogP contribution in [-0.2, 0) is 6.42 Å². The predicted octanol–water partition coefficient (Wildman–Crippen LogP) is 2.53. The third kappa shape index (κ3) is 3.05. The minimum absolute atomic E-state index is 0.152.